The molecule has 0 bridgehead atoms. The Bertz CT molecular complexity index is 1550. The fourth-order valence-corrected chi connectivity index (χ4v) is 5.52. The van der Waals surface area contributed by atoms with Crippen LogP contribution in [0, 0.1) is 5.92 Å². The molecule has 4 aromatic rings. The molecule has 0 unspecified atom stereocenters. The molecule has 40 heavy (non-hydrogen) atoms. The number of carboxylic acids is 1. The van der Waals surface area contributed by atoms with Crippen LogP contribution in [0.5, 0.6) is 0 Å². The van der Waals surface area contributed by atoms with E-state index in [2.05, 4.69) is 15.3 Å². The zero-order valence-corrected chi connectivity index (χ0v) is 23.2. The summed E-state index contributed by atoms with van der Waals surface area (Å²) in [5.41, 5.74) is 4.05. The summed E-state index contributed by atoms with van der Waals surface area (Å²) in [4.78, 5) is 48.6. The first-order valence-electron chi connectivity index (χ1n) is 13.2. The lowest BCUT2D eigenvalue weighted by atomic mass is 9.94. The molecule has 2 aromatic heterocycles. The molecule has 0 atom stereocenters. The van der Waals surface area contributed by atoms with Gasteiger partial charge in [0.2, 0.25) is 0 Å². The predicted molar refractivity (Wildman–Crippen MR) is 154 cm³/mol. The largest absolute Gasteiger partial charge is 0.481 e. The van der Waals surface area contributed by atoms with E-state index in [1.165, 1.54) is 11.3 Å². The van der Waals surface area contributed by atoms with Gasteiger partial charge >= 0.3 is 11.9 Å². The van der Waals surface area contributed by atoms with Crippen molar-refractivity contribution in [2.45, 2.75) is 39.7 Å². The molecule has 1 aliphatic heterocycles. The van der Waals surface area contributed by atoms with Crippen molar-refractivity contribution in [3.63, 3.8) is 0 Å². The van der Waals surface area contributed by atoms with Crippen LogP contribution < -0.4 is 10.2 Å². The van der Waals surface area contributed by atoms with Crippen LogP contribution in [0.25, 0.3) is 10.2 Å². The number of rotatable bonds is 9. The maximum atomic E-state index is 13.4. The van der Waals surface area contributed by atoms with Gasteiger partial charge < -0.3 is 14.7 Å². The summed E-state index contributed by atoms with van der Waals surface area (Å²) in [5, 5.41) is 12.6. The molecule has 0 aliphatic carbocycles. The first-order chi connectivity index (χ1) is 19.3. The topological polar surface area (TPSA) is 122 Å². The van der Waals surface area contributed by atoms with Crippen LogP contribution in [0.15, 0.2) is 54.6 Å². The highest BCUT2D eigenvalue weighted by molar-refractivity contribution is 7.22. The van der Waals surface area contributed by atoms with E-state index in [9.17, 15) is 14.4 Å². The van der Waals surface area contributed by atoms with Crippen molar-refractivity contribution in [2.24, 2.45) is 5.92 Å². The number of carbonyl (C=O) groups excluding carboxylic acids is 2. The van der Waals surface area contributed by atoms with E-state index in [4.69, 9.17) is 9.84 Å². The first-order valence-corrected chi connectivity index (χ1v) is 14.0. The number of fused-ring (bicyclic) bond motifs is 2. The van der Waals surface area contributed by atoms with Gasteiger partial charge in [-0.2, -0.15) is 0 Å². The molecule has 206 valence electrons. The molecular formula is C30H30N4O5S. The SMILES string of the molecule is CC(C)COC(=O)c1nc(N2CCc3cccc(C(=O)Nc4nc5ccccc5s4)c3C2)ccc1CCC(=O)O. The minimum absolute atomic E-state index is 0.115. The Morgan fingerprint density at radius 2 is 1.90 bits per heavy atom. The Labute approximate surface area is 235 Å². The van der Waals surface area contributed by atoms with Crippen LogP contribution in [-0.2, 0) is 28.9 Å². The normalized spacial score (nSPS) is 12.8. The number of esters is 1. The summed E-state index contributed by atoms with van der Waals surface area (Å²) in [6.45, 7) is 5.21. The average molecular weight is 559 g/mol. The van der Waals surface area contributed by atoms with Crippen molar-refractivity contribution in [3.05, 3.63) is 82.5 Å². The maximum absolute atomic E-state index is 13.4. The molecule has 3 heterocycles. The smallest absolute Gasteiger partial charge is 0.357 e. The fraction of sp³-hybridized carbons (Fsp3) is 0.300. The minimum Gasteiger partial charge on any atom is -0.481 e. The number of para-hydroxylation sites is 1. The molecule has 1 amide bonds. The van der Waals surface area contributed by atoms with Crippen LogP contribution in [0.2, 0.25) is 0 Å². The van der Waals surface area contributed by atoms with Crippen LogP contribution in [-0.4, -0.2) is 46.1 Å². The van der Waals surface area contributed by atoms with Gasteiger partial charge in [-0.15, -0.1) is 0 Å². The van der Waals surface area contributed by atoms with E-state index in [-0.39, 0.29) is 37.0 Å². The summed E-state index contributed by atoms with van der Waals surface area (Å²) < 4.78 is 6.44. The zero-order valence-electron chi connectivity index (χ0n) is 22.3. The van der Waals surface area contributed by atoms with Crippen molar-refractivity contribution in [1.82, 2.24) is 9.97 Å². The van der Waals surface area contributed by atoms with Crippen LogP contribution >= 0.6 is 11.3 Å². The Morgan fingerprint density at radius 1 is 1.07 bits per heavy atom. The minimum atomic E-state index is -0.949. The molecule has 1 aliphatic rings. The van der Waals surface area contributed by atoms with E-state index < -0.39 is 11.9 Å². The number of hydrogen-bond acceptors (Lipinski definition) is 8. The Kier molecular flexibility index (Phi) is 8.06. The van der Waals surface area contributed by atoms with E-state index in [0.29, 0.717) is 41.6 Å². The third-order valence-electron chi connectivity index (χ3n) is 6.67. The van der Waals surface area contributed by atoms with Crippen molar-refractivity contribution in [2.75, 3.05) is 23.4 Å². The zero-order chi connectivity index (χ0) is 28.2. The lowest BCUT2D eigenvalue weighted by Gasteiger charge is -2.31. The Hall–Kier alpha value is -4.31. The number of nitrogens with one attached hydrogen (secondary N) is 1. The number of pyridine rings is 1. The van der Waals surface area contributed by atoms with Gasteiger partial charge in [0, 0.05) is 25.1 Å². The molecular weight excluding hydrogens is 528 g/mol. The highest BCUT2D eigenvalue weighted by atomic mass is 32.1. The van der Waals surface area contributed by atoms with Gasteiger partial charge in [0.05, 0.1) is 16.8 Å². The van der Waals surface area contributed by atoms with Crippen LogP contribution in [0.1, 0.15) is 57.8 Å². The van der Waals surface area contributed by atoms with Gasteiger partial charge in [-0.3, -0.25) is 14.9 Å². The second-order valence-electron chi connectivity index (χ2n) is 10.1. The molecule has 0 saturated carbocycles. The van der Waals surface area contributed by atoms with E-state index in [1.807, 2.05) is 61.2 Å². The molecule has 10 heteroatoms. The standard InChI is InChI=1S/C30H30N4O5S/c1-18(2)17-39-29(38)27-20(11-13-26(35)36)10-12-25(32-27)34-15-14-19-6-5-7-21(22(19)16-34)28(37)33-30-31-23-8-3-4-9-24(23)40-30/h3-10,12,18H,11,13-17H2,1-2H3,(H,35,36)(H,31,33,37). The number of aliphatic carboxylic acids is 1. The molecule has 0 fully saturated rings. The number of hydrogen-bond donors (Lipinski definition) is 2. The number of benzene rings is 2. The van der Waals surface area contributed by atoms with Gasteiger partial charge in [-0.25, -0.2) is 14.8 Å². The lowest BCUT2D eigenvalue weighted by molar-refractivity contribution is -0.136. The number of aromatic nitrogens is 2. The monoisotopic (exact) mass is 558 g/mol. The van der Waals surface area contributed by atoms with E-state index in [0.717, 1.165) is 21.3 Å². The van der Waals surface area contributed by atoms with Crippen molar-refractivity contribution < 1.29 is 24.2 Å². The van der Waals surface area contributed by atoms with Gasteiger partial charge in [0.15, 0.2) is 10.8 Å². The Morgan fingerprint density at radius 3 is 2.67 bits per heavy atom. The second kappa shape index (κ2) is 11.8. The van der Waals surface area contributed by atoms with Crippen molar-refractivity contribution in [1.29, 1.82) is 0 Å². The quantitative estimate of drug-likeness (QED) is 0.264. The Balaban J connectivity index is 1.40. The summed E-state index contributed by atoms with van der Waals surface area (Å²) in [5.74, 6) is -1.02. The number of anilines is 2. The summed E-state index contributed by atoms with van der Waals surface area (Å²) in [7, 11) is 0. The number of carbonyl (C=O) groups is 3. The lowest BCUT2D eigenvalue weighted by Crippen LogP contribution is -2.33. The average Bonchev–Trinajstić information content (AvgIpc) is 3.36. The third-order valence-corrected chi connectivity index (χ3v) is 7.62. The van der Waals surface area contributed by atoms with Gasteiger partial charge in [0.25, 0.3) is 5.91 Å². The first kappa shape index (κ1) is 27.3. The maximum Gasteiger partial charge on any atom is 0.357 e. The number of aryl methyl sites for hydroxylation is 1. The van der Waals surface area contributed by atoms with Gasteiger partial charge in [0.1, 0.15) is 5.82 Å². The van der Waals surface area contributed by atoms with Crippen LogP contribution in [0.4, 0.5) is 10.9 Å². The van der Waals surface area contributed by atoms with Gasteiger partial charge in [-0.1, -0.05) is 55.5 Å². The molecule has 2 aromatic carbocycles. The summed E-state index contributed by atoms with van der Waals surface area (Å²) in [6.07, 6.45) is 0.760. The molecule has 2 N–H and O–H groups in total. The van der Waals surface area contributed by atoms with E-state index >= 15 is 0 Å². The number of carboxylic acid groups (broad SMARTS) is 1. The summed E-state index contributed by atoms with van der Waals surface area (Å²) in [6, 6.07) is 17.0. The molecule has 5 rings (SSSR count). The molecule has 9 nitrogen and oxygen atoms in total. The van der Waals surface area contributed by atoms with Crippen molar-refractivity contribution in [3.8, 4) is 0 Å². The third kappa shape index (κ3) is 6.12. The van der Waals surface area contributed by atoms with Crippen molar-refractivity contribution >= 4 is 50.3 Å². The second-order valence-corrected chi connectivity index (χ2v) is 11.1. The number of nitrogens with zero attached hydrogens (tertiary/aromatic N) is 3. The summed E-state index contributed by atoms with van der Waals surface area (Å²) >= 11 is 1.43. The predicted octanol–water partition coefficient (Wildman–Crippen LogP) is 5.34. The molecule has 0 saturated heterocycles. The fourth-order valence-electron chi connectivity index (χ4n) is 4.66. The number of thiazole rings is 1. The highest BCUT2D eigenvalue weighted by Crippen LogP contribution is 2.29. The molecule has 0 radical (unpaired) electrons. The number of amides is 1. The molecule has 0 spiro atoms. The number of ether oxygens (including phenoxy) is 1. The highest BCUT2D eigenvalue weighted by Gasteiger charge is 2.25. The van der Waals surface area contributed by atoms with Gasteiger partial charge in [-0.05, 0) is 59.7 Å². The van der Waals surface area contributed by atoms with E-state index in [1.54, 1.807) is 12.1 Å². The van der Waals surface area contributed by atoms with Crippen LogP contribution in [0.3, 0.4) is 0 Å².